The molecule has 4 aromatic rings. The number of nitrogens with zero attached hydrogens (tertiary/aromatic N) is 2. The van der Waals surface area contributed by atoms with Gasteiger partial charge in [-0.15, -0.1) is 0 Å². The van der Waals surface area contributed by atoms with Crippen molar-refractivity contribution < 1.29 is 23.1 Å². The summed E-state index contributed by atoms with van der Waals surface area (Å²) in [6.07, 6.45) is 1.73. The second-order valence-corrected chi connectivity index (χ2v) is 8.35. The van der Waals surface area contributed by atoms with E-state index in [1.807, 2.05) is 36.4 Å². The first-order valence-corrected chi connectivity index (χ1v) is 10.9. The molecule has 8 nitrogen and oxygen atoms in total. The lowest BCUT2D eigenvalue weighted by Crippen LogP contribution is -2.46. The van der Waals surface area contributed by atoms with Gasteiger partial charge in [-0.25, -0.2) is 9.18 Å². The molecule has 5 rings (SSSR count). The predicted octanol–water partition coefficient (Wildman–Crippen LogP) is 4.10. The molecule has 2 aromatic heterocycles. The maximum Gasteiger partial charge on any atom is 0.417 e. The van der Waals surface area contributed by atoms with E-state index in [0.717, 1.165) is 49.0 Å². The number of nitrogens with one attached hydrogen (secondary N) is 1. The van der Waals surface area contributed by atoms with E-state index in [1.54, 1.807) is 6.26 Å². The molecule has 2 N–H and O–H groups in total. The van der Waals surface area contributed by atoms with Crippen LogP contribution in [0.3, 0.4) is 0 Å². The summed E-state index contributed by atoms with van der Waals surface area (Å²) in [6, 6.07) is 14.5. The number of aromatic amines is 1. The zero-order valence-corrected chi connectivity index (χ0v) is 19.0. The number of hydrogen-bond donors (Lipinski definition) is 2. The molecule has 178 valence electrons. The highest BCUT2D eigenvalue weighted by Gasteiger charge is 2.27. The topological polar surface area (TPSA) is 103 Å². The molecule has 3 heterocycles. The molecular formula is C25H26FN3O5. The molecule has 1 atom stereocenters. The maximum atomic E-state index is 13.4. The molecule has 0 amide bonds. The van der Waals surface area contributed by atoms with Gasteiger partial charge in [0.1, 0.15) is 11.6 Å². The Balaban J connectivity index is 0.000000636. The van der Waals surface area contributed by atoms with Crippen LogP contribution in [0.15, 0.2) is 68.4 Å². The van der Waals surface area contributed by atoms with Crippen LogP contribution in [0.1, 0.15) is 24.3 Å². The summed E-state index contributed by atoms with van der Waals surface area (Å²) in [4.78, 5) is 27.7. The number of furan rings is 1. The van der Waals surface area contributed by atoms with Gasteiger partial charge in [0.05, 0.1) is 18.3 Å². The van der Waals surface area contributed by atoms with Gasteiger partial charge in [-0.05, 0) is 48.5 Å². The first-order valence-electron chi connectivity index (χ1n) is 10.9. The van der Waals surface area contributed by atoms with Gasteiger partial charge in [0.25, 0.3) is 5.97 Å². The minimum atomic E-state index is -0.833. The van der Waals surface area contributed by atoms with E-state index in [0.29, 0.717) is 17.6 Å². The average molecular weight is 467 g/mol. The van der Waals surface area contributed by atoms with Gasteiger partial charge in [-0.2, -0.15) is 0 Å². The van der Waals surface area contributed by atoms with Crippen LogP contribution < -0.4 is 5.76 Å². The van der Waals surface area contributed by atoms with Crippen LogP contribution in [0.4, 0.5) is 4.39 Å². The molecule has 34 heavy (non-hydrogen) atoms. The Morgan fingerprint density at radius 3 is 2.62 bits per heavy atom. The molecule has 1 fully saturated rings. The van der Waals surface area contributed by atoms with Crippen LogP contribution in [0.2, 0.25) is 0 Å². The minimum Gasteiger partial charge on any atom is -0.481 e. The van der Waals surface area contributed by atoms with Gasteiger partial charge in [0.15, 0.2) is 5.58 Å². The lowest BCUT2D eigenvalue weighted by molar-refractivity contribution is -0.134. The van der Waals surface area contributed by atoms with Gasteiger partial charge >= 0.3 is 5.76 Å². The SMILES string of the molecule is CC(=O)O.CN1CCN(Cc2cc(-c3ccc4[nH]c(=O)oc4c3)co2)C(c2ccc(F)cc2)C1. The molecule has 1 saturated heterocycles. The second-order valence-electron chi connectivity index (χ2n) is 8.35. The van der Waals surface area contributed by atoms with Crippen LogP contribution in [-0.4, -0.2) is 52.5 Å². The summed E-state index contributed by atoms with van der Waals surface area (Å²) in [5.74, 6) is -0.658. The molecule has 0 bridgehead atoms. The number of hydrogen-bond acceptors (Lipinski definition) is 6. The third-order valence-electron chi connectivity index (χ3n) is 5.72. The Morgan fingerprint density at radius 2 is 1.88 bits per heavy atom. The normalized spacial score (nSPS) is 16.9. The van der Waals surface area contributed by atoms with Gasteiger partial charge in [-0.1, -0.05) is 18.2 Å². The molecule has 1 unspecified atom stereocenters. The summed E-state index contributed by atoms with van der Waals surface area (Å²) in [5, 5.41) is 7.42. The molecule has 1 aliphatic rings. The second kappa shape index (κ2) is 10.1. The molecule has 2 aromatic carbocycles. The molecule has 0 aliphatic carbocycles. The van der Waals surface area contributed by atoms with E-state index in [4.69, 9.17) is 18.7 Å². The minimum absolute atomic E-state index is 0.170. The summed E-state index contributed by atoms with van der Waals surface area (Å²) < 4.78 is 24.4. The van der Waals surface area contributed by atoms with Crippen molar-refractivity contribution in [2.45, 2.75) is 19.5 Å². The van der Waals surface area contributed by atoms with E-state index in [1.165, 1.54) is 12.1 Å². The standard InChI is InChI=1S/C23H22FN3O3.C2H4O2/c1-26-8-9-27(21(13-26)15-2-5-18(24)6-3-15)12-19-10-17(14-29-19)16-4-7-20-22(11-16)30-23(28)25-20;1-2(3)4/h2-7,10-11,14,21H,8-9,12-13H2,1H3,(H,25,28);1H3,(H,3,4). The average Bonchev–Trinajstić information content (AvgIpc) is 3.40. The quantitative estimate of drug-likeness (QED) is 0.466. The highest BCUT2D eigenvalue weighted by molar-refractivity contribution is 5.79. The number of fused-ring (bicyclic) bond motifs is 1. The van der Waals surface area contributed by atoms with E-state index >= 15 is 0 Å². The van der Waals surface area contributed by atoms with Crippen LogP contribution in [-0.2, 0) is 11.3 Å². The largest absolute Gasteiger partial charge is 0.481 e. The number of aromatic nitrogens is 1. The number of carbonyl (C=O) groups is 1. The van der Waals surface area contributed by atoms with Crippen molar-refractivity contribution in [1.29, 1.82) is 0 Å². The predicted molar refractivity (Wildman–Crippen MR) is 125 cm³/mol. The third-order valence-corrected chi connectivity index (χ3v) is 5.72. The van der Waals surface area contributed by atoms with Gasteiger partial charge in [-0.3, -0.25) is 14.7 Å². The van der Waals surface area contributed by atoms with Crippen molar-refractivity contribution in [2.24, 2.45) is 0 Å². The van der Waals surface area contributed by atoms with Crippen molar-refractivity contribution in [1.82, 2.24) is 14.8 Å². The fourth-order valence-corrected chi connectivity index (χ4v) is 4.09. The number of rotatable bonds is 4. The van der Waals surface area contributed by atoms with Gasteiger partial charge in [0.2, 0.25) is 0 Å². The number of piperazine rings is 1. The van der Waals surface area contributed by atoms with Crippen LogP contribution in [0.5, 0.6) is 0 Å². The third kappa shape index (κ3) is 5.62. The van der Waals surface area contributed by atoms with Gasteiger partial charge in [0, 0.05) is 38.2 Å². The maximum absolute atomic E-state index is 13.4. The number of aliphatic carboxylic acids is 1. The summed E-state index contributed by atoms with van der Waals surface area (Å²) in [5.41, 5.74) is 4.15. The van der Waals surface area contributed by atoms with Crippen LogP contribution >= 0.6 is 0 Å². The van der Waals surface area contributed by atoms with E-state index < -0.39 is 11.7 Å². The summed E-state index contributed by atoms with van der Waals surface area (Å²) in [7, 11) is 2.11. The lowest BCUT2D eigenvalue weighted by atomic mass is 10.0. The first kappa shape index (κ1) is 23.5. The lowest BCUT2D eigenvalue weighted by Gasteiger charge is -2.40. The number of oxazole rings is 1. The Kier molecular flexibility index (Phi) is 6.95. The number of carboxylic acid groups (broad SMARTS) is 1. The van der Waals surface area contributed by atoms with Crippen molar-refractivity contribution in [3.05, 3.63) is 82.5 Å². The number of carboxylic acids is 1. The highest BCUT2D eigenvalue weighted by Crippen LogP contribution is 2.30. The Labute approximate surface area is 195 Å². The number of benzene rings is 2. The molecule has 9 heteroatoms. The Hall–Kier alpha value is -3.69. The zero-order valence-electron chi connectivity index (χ0n) is 19.0. The molecule has 1 aliphatic heterocycles. The molecular weight excluding hydrogens is 441 g/mol. The monoisotopic (exact) mass is 467 g/mol. The number of halogens is 1. The highest BCUT2D eigenvalue weighted by atomic mass is 19.1. The Bertz CT molecular complexity index is 1320. The van der Waals surface area contributed by atoms with Crippen molar-refractivity contribution in [2.75, 3.05) is 26.7 Å². The number of H-pyrrole nitrogens is 1. The van der Waals surface area contributed by atoms with E-state index in [9.17, 15) is 9.18 Å². The van der Waals surface area contributed by atoms with Crippen LogP contribution in [0.25, 0.3) is 22.2 Å². The molecule has 0 radical (unpaired) electrons. The number of likely N-dealkylation sites (N-methyl/N-ethyl adjacent to an activating group) is 1. The van der Waals surface area contributed by atoms with Crippen molar-refractivity contribution in [3.63, 3.8) is 0 Å². The fraction of sp³-hybridized carbons (Fsp3) is 0.280. The summed E-state index contributed by atoms with van der Waals surface area (Å²) >= 11 is 0. The summed E-state index contributed by atoms with van der Waals surface area (Å²) in [6.45, 7) is 4.49. The van der Waals surface area contributed by atoms with Gasteiger partial charge < -0.3 is 18.8 Å². The first-order chi connectivity index (χ1) is 16.3. The fourth-order valence-electron chi connectivity index (χ4n) is 4.09. The van der Waals surface area contributed by atoms with E-state index in [-0.39, 0.29) is 11.9 Å². The molecule has 0 spiro atoms. The molecule has 0 saturated carbocycles. The van der Waals surface area contributed by atoms with E-state index in [2.05, 4.69) is 21.8 Å². The van der Waals surface area contributed by atoms with Crippen molar-refractivity contribution >= 4 is 17.1 Å². The Morgan fingerprint density at radius 1 is 1.15 bits per heavy atom. The van der Waals surface area contributed by atoms with Crippen LogP contribution in [0, 0.1) is 5.82 Å². The zero-order chi connectivity index (χ0) is 24.2. The smallest absolute Gasteiger partial charge is 0.417 e. The van der Waals surface area contributed by atoms with Crippen molar-refractivity contribution in [3.8, 4) is 11.1 Å².